The smallest absolute Gasteiger partial charge is 0.308 e. The number of carboxylic acids is 1. The fraction of sp³-hybridized carbons (Fsp3) is 0.500. The average molecular weight is 288 g/mol. The highest BCUT2D eigenvalue weighted by Gasteiger charge is 2.48. The maximum absolute atomic E-state index is 11.3. The second-order valence-electron chi connectivity index (χ2n) is 6.03. The molecule has 1 aromatic rings. The molecule has 3 rings (SSSR count). The van der Waals surface area contributed by atoms with Crippen molar-refractivity contribution in [3.05, 3.63) is 29.8 Å². The molecule has 0 aliphatic carbocycles. The van der Waals surface area contributed by atoms with E-state index in [-0.39, 0.29) is 17.9 Å². The van der Waals surface area contributed by atoms with Crippen molar-refractivity contribution in [1.82, 2.24) is 4.90 Å². The summed E-state index contributed by atoms with van der Waals surface area (Å²) < 4.78 is 0. The lowest BCUT2D eigenvalue weighted by Crippen LogP contribution is -2.32. The minimum atomic E-state index is -0.659. The van der Waals surface area contributed by atoms with Crippen LogP contribution in [0.5, 0.6) is 0 Å². The van der Waals surface area contributed by atoms with Gasteiger partial charge in [-0.2, -0.15) is 0 Å². The van der Waals surface area contributed by atoms with Crippen LogP contribution in [-0.2, 0) is 16.1 Å². The lowest BCUT2D eigenvalue weighted by molar-refractivity contribution is -0.142. The molecule has 2 fully saturated rings. The number of hydrogen-bond acceptors (Lipinski definition) is 3. The fourth-order valence-electron chi connectivity index (χ4n) is 3.72. The topological polar surface area (TPSA) is 69.6 Å². The van der Waals surface area contributed by atoms with E-state index in [1.54, 1.807) is 0 Å². The van der Waals surface area contributed by atoms with E-state index in [1.807, 2.05) is 24.3 Å². The first-order valence-corrected chi connectivity index (χ1v) is 7.39. The Morgan fingerprint density at radius 2 is 2.00 bits per heavy atom. The predicted octanol–water partition coefficient (Wildman–Crippen LogP) is 2.08. The predicted molar refractivity (Wildman–Crippen MR) is 78.8 cm³/mol. The quantitative estimate of drug-likeness (QED) is 0.890. The molecule has 21 heavy (non-hydrogen) atoms. The van der Waals surface area contributed by atoms with Gasteiger partial charge in [-0.05, 0) is 37.0 Å². The van der Waals surface area contributed by atoms with Gasteiger partial charge in [0.15, 0.2) is 0 Å². The third kappa shape index (κ3) is 2.78. The molecule has 2 N–H and O–H groups in total. The van der Waals surface area contributed by atoms with Crippen molar-refractivity contribution in [1.29, 1.82) is 0 Å². The normalized spacial score (nSPS) is 27.8. The lowest BCUT2D eigenvalue weighted by atomic mass is 9.89. The van der Waals surface area contributed by atoms with Crippen molar-refractivity contribution in [2.24, 2.45) is 5.92 Å². The maximum atomic E-state index is 11.3. The molecular formula is C16H20N2O3. The Morgan fingerprint density at radius 1 is 1.29 bits per heavy atom. The van der Waals surface area contributed by atoms with Crippen molar-refractivity contribution in [2.75, 3.05) is 5.32 Å². The van der Waals surface area contributed by atoms with E-state index >= 15 is 0 Å². The van der Waals surface area contributed by atoms with Gasteiger partial charge in [-0.3, -0.25) is 14.5 Å². The van der Waals surface area contributed by atoms with Gasteiger partial charge >= 0.3 is 5.97 Å². The molecule has 2 aliphatic heterocycles. The number of nitrogens with zero attached hydrogens (tertiary/aromatic N) is 1. The summed E-state index contributed by atoms with van der Waals surface area (Å²) in [6, 6.07) is 8.37. The minimum absolute atomic E-state index is 0.0790. The molecule has 2 bridgehead atoms. The van der Waals surface area contributed by atoms with Crippen molar-refractivity contribution in [3.63, 3.8) is 0 Å². The number of rotatable bonds is 4. The van der Waals surface area contributed by atoms with E-state index in [9.17, 15) is 14.7 Å². The van der Waals surface area contributed by atoms with Crippen LogP contribution in [0.1, 0.15) is 31.7 Å². The zero-order chi connectivity index (χ0) is 15.0. The SMILES string of the molecule is CC(=O)Nc1ccc(CN2C3CCC2C(C(=O)O)C3)cc1. The molecule has 1 aromatic carbocycles. The zero-order valence-corrected chi connectivity index (χ0v) is 12.1. The Bertz CT molecular complexity index is 555. The fourth-order valence-corrected chi connectivity index (χ4v) is 3.72. The molecule has 5 nitrogen and oxygen atoms in total. The van der Waals surface area contributed by atoms with Crippen molar-refractivity contribution in [3.8, 4) is 0 Å². The van der Waals surface area contributed by atoms with Gasteiger partial charge in [0.05, 0.1) is 5.92 Å². The summed E-state index contributed by atoms with van der Waals surface area (Å²) >= 11 is 0. The number of amides is 1. The molecule has 1 amide bonds. The highest BCUT2D eigenvalue weighted by molar-refractivity contribution is 5.88. The summed E-state index contributed by atoms with van der Waals surface area (Å²) in [6.45, 7) is 2.28. The summed E-state index contributed by atoms with van der Waals surface area (Å²) in [4.78, 5) is 24.6. The van der Waals surface area contributed by atoms with Gasteiger partial charge in [-0.15, -0.1) is 0 Å². The van der Waals surface area contributed by atoms with Gasteiger partial charge < -0.3 is 10.4 Å². The molecule has 2 heterocycles. The summed E-state index contributed by atoms with van der Waals surface area (Å²) in [5.74, 6) is -0.944. The number of benzene rings is 1. The Labute approximate surface area is 123 Å². The van der Waals surface area contributed by atoms with E-state index in [1.165, 1.54) is 6.92 Å². The van der Waals surface area contributed by atoms with E-state index in [4.69, 9.17) is 0 Å². The van der Waals surface area contributed by atoms with Crippen LogP contribution in [0, 0.1) is 5.92 Å². The maximum Gasteiger partial charge on any atom is 0.308 e. The van der Waals surface area contributed by atoms with Crippen LogP contribution in [-0.4, -0.2) is 34.0 Å². The van der Waals surface area contributed by atoms with Crippen LogP contribution < -0.4 is 5.32 Å². The van der Waals surface area contributed by atoms with Gasteiger partial charge in [0.2, 0.25) is 5.91 Å². The summed E-state index contributed by atoms with van der Waals surface area (Å²) in [5.41, 5.74) is 1.95. The number of fused-ring (bicyclic) bond motifs is 2. The van der Waals surface area contributed by atoms with Crippen LogP contribution in [0.3, 0.4) is 0 Å². The molecule has 0 saturated carbocycles. The number of hydrogen-bond donors (Lipinski definition) is 2. The molecule has 112 valence electrons. The molecule has 2 saturated heterocycles. The Kier molecular flexibility index (Phi) is 3.68. The first-order valence-electron chi connectivity index (χ1n) is 7.39. The van der Waals surface area contributed by atoms with E-state index in [0.29, 0.717) is 6.04 Å². The summed E-state index contributed by atoms with van der Waals surface area (Å²) in [6.07, 6.45) is 2.88. The summed E-state index contributed by atoms with van der Waals surface area (Å²) in [7, 11) is 0. The van der Waals surface area contributed by atoms with Crippen LogP contribution in [0.15, 0.2) is 24.3 Å². The molecule has 0 aromatic heterocycles. The molecule has 3 atom stereocenters. The lowest BCUT2D eigenvalue weighted by Gasteiger charge is -2.22. The Morgan fingerprint density at radius 3 is 2.57 bits per heavy atom. The van der Waals surface area contributed by atoms with Crippen LogP contribution in [0.2, 0.25) is 0 Å². The van der Waals surface area contributed by atoms with Gasteiger partial charge in [-0.1, -0.05) is 12.1 Å². The largest absolute Gasteiger partial charge is 0.481 e. The number of carbonyl (C=O) groups is 2. The van der Waals surface area contributed by atoms with Crippen molar-refractivity contribution in [2.45, 2.75) is 44.8 Å². The number of nitrogens with one attached hydrogen (secondary N) is 1. The Balaban J connectivity index is 1.67. The Hall–Kier alpha value is -1.88. The van der Waals surface area contributed by atoms with Gasteiger partial charge in [0, 0.05) is 31.2 Å². The number of anilines is 1. The summed E-state index contributed by atoms with van der Waals surface area (Å²) in [5, 5.41) is 12.0. The highest BCUT2D eigenvalue weighted by Crippen LogP contribution is 2.42. The monoisotopic (exact) mass is 288 g/mol. The van der Waals surface area contributed by atoms with Gasteiger partial charge in [0.25, 0.3) is 0 Å². The van der Waals surface area contributed by atoms with E-state index in [0.717, 1.165) is 37.1 Å². The molecule has 2 aliphatic rings. The zero-order valence-electron chi connectivity index (χ0n) is 12.1. The first kappa shape index (κ1) is 14.1. The third-order valence-corrected chi connectivity index (χ3v) is 4.64. The number of carboxylic acid groups (broad SMARTS) is 1. The second-order valence-corrected chi connectivity index (χ2v) is 6.03. The number of carbonyl (C=O) groups excluding carboxylic acids is 1. The molecular weight excluding hydrogens is 268 g/mol. The highest BCUT2D eigenvalue weighted by atomic mass is 16.4. The van der Waals surface area contributed by atoms with Crippen molar-refractivity contribution >= 4 is 17.6 Å². The van der Waals surface area contributed by atoms with Crippen LogP contribution >= 0.6 is 0 Å². The minimum Gasteiger partial charge on any atom is -0.481 e. The molecule has 0 radical (unpaired) electrons. The van der Waals surface area contributed by atoms with E-state index in [2.05, 4.69) is 10.2 Å². The van der Waals surface area contributed by atoms with Crippen LogP contribution in [0.25, 0.3) is 0 Å². The molecule has 3 unspecified atom stereocenters. The third-order valence-electron chi connectivity index (χ3n) is 4.64. The van der Waals surface area contributed by atoms with E-state index < -0.39 is 5.97 Å². The average Bonchev–Trinajstić information content (AvgIpc) is 2.97. The first-order chi connectivity index (χ1) is 10.0. The van der Waals surface area contributed by atoms with Crippen LogP contribution in [0.4, 0.5) is 5.69 Å². The van der Waals surface area contributed by atoms with Gasteiger partial charge in [-0.25, -0.2) is 0 Å². The second kappa shape index (κ2) is 5.48. The molecule has 5 heteroatoms. The van der Waals surface area contributed by atoms with Gasteiger partial charge in [0.1, 0.15) is 0 Å². The standard InChI is InChI=1S/C16H20N2O3/c1-10(19)17-12-4-2-11(3-5-12)9-18-13-6-7-15(18)14(8-13)16(20)21/h2-5,13-15H,6-9H2,1H3,(H,17,19)(H,20,21). The molecule has 0 spiro atoms. The number of aliphatic carboxylic acids is 1. The van der Waals surface area contributed by atoms with Crippen molar-refractivity contribution < 1.29 is 14.7 Å².